The Bertz CT molecular complexity index is 964. The van der Waals surface area contributed by atoms with Crippen LogP contribution in [0, 0.1) is 0 Å². The zero-order chi connectivity index (χ0) is 21.8. The van der Waals surface area contributed by atoms with Crippen molar-refractivity contribution in [2.24, 2.45) is 0 Å². The monoisotopic (exact) mass is 420 g/mol. The number of likely N-dealkylation sites (N-methyl/N-ethyl adjacent to an activating group) is 1. The van der Waals surface area contributed by atoms with E-state index in [1.165, 1.54) is 4.90 Å². The van der Waals surface area contributed by atoms with Crippen molar-refractivity contribution < 1.29 is 14.3 Å². The van der Waals surface area contributed by atoms with Crippen molar-refractivity contribution in [3.8, 4) is 5.75 Å². The number of carbonyl (C=O) groups is 2. The fraction of sp³-hybridized carbons (Fsp3) is 0.375. The highest BCUT2D eigenvalue weighted by atomic mass is 16.5. The first-order chi connectivity index (χ1) is 15.1. The SMILES string of the molecule is CCCOc1ccc(C2=C(N3CCN(c4ccccn4)CC3)C(=O)N(CC)C2=O)cc1. The first-order valence-corrected chi connectivity index (χ1v) is 10.9. The minimum atomic E-state index is -0.225. The summed E-state index contributed by atoms with van der Waals surface area (Å²) in [6.07, 6.45) is 2.72. The topological polar surface area (TPSA) is 66.0 Å². The van der Waals surface area contributed by atoms with Gasteiger partial charge in [0.25, 0.3) is 11.8 Å². The van der Waals surface area contributed by atoms with Crippen LogP contribution in [-0.4, -0.2) is 65.9 Å². The van der Waals surface area contributed by atoms with Gasteiger partial charge in [-0.25, -0.2) is 4.98 Å². The lowest BCUT2D eigenvalue weighted by atomic mass is 10.0. The molecule has 0 radical (unpaired) electrons. The maximum Gasteiger partial charge on any atom is 0.277 e. The fourth-order valence-electron chi connectivity index (χ4n) is 4.04. The van der Waals surface area contributed by atoms with E-state index in [1.807, 2.05) is 54.3 Å². The van der Waals surface area contributed by atoms with E-state index in [1.54, 1.807) is 6.20 Å². The number of ether oxygens (including phenoxy) is 1. The van der Waals surface area contributed by atoms with Gasteiger partial charge in [0.15, 0.2) is 0 Å². The minimum absolute atomic E-state index is 0.208. The summed E-state index contributed by atoms with van der Waals surface area (Å²) in [5.74, 6) is 1.26. The van der Waals surface area contributed by atoms with E-state index in [0.29, 0.717) is 37.5 Å². The number of pyridine rings is 1. The van der Waals surface area contributed by atoms with Crippen LogP contribution in [0.5, 0.6) is 5.75 Å². The van der Waals surface area contributed by atoms with Gasteiger partial charge in [-0.1, -0.05) is 25.1 Å². The highest BCUT2D eigenvalue weighted by Crippen LogP contribution is 2.33. The molecule has 0 atom stereocenters. The molecule has 1 fully saturated rings. The highest BCUT2D eigenvalue weighted by Gasteiger charge is 2.41. The Morgan fingerprint density at radius 3 is 2.23 bits per heavy atom. The van der Waals surface area contributed by atoms with Crippen LogP contribution < -0.4 is 9.64 Å². The van der Waals surface area contributed by atoms with E-state index < -0.39 is 0 Å². The second kappa shape index (κ2) is 9.20. The van der Waals surface area contributed by atoms with Gasteiger partial charge in [-0.2, -0.15) is 0 Å². The molecule has 0 spiro atoms. The molecule has 7 nitrogen and oxygen atoms in total. The molecule has 2 aliphatic rings. The van der Waals surface area contributed by atoms with Gasteiger partial charge in [0.1, 0.15) is 17.3 Å². The number of aromatic nitrogens is 1. The van der Waals surface area contributed by atoms with E-state index in [9.17, 15) is 9.59 Å². The third-order valence-electron chi connectivity index (χ3n) is 5.64. The van der Waals surface area contributed by atoms with Crippen LogP contribution in [0.2, 0.25) is 0 Å². The number of rotatable bonds is 7. The van der Waals surface area contributed by atoms with Crippen LogP contribution in [-0.2, 0) is 9.59 Å². The van der Waals surface area contributed by atoms with Gasteiger partial charge >= 0.3 is 0 Å². The molecule has 2 aliphatic heterocycles. The normalized spacial score (nSPS) is 17.0. The molecule has 1 aromatic heterocycles. The number of carbonyl (C=O) groups excluding carboxylic acids is 2. The third-order valence-corrected chi connectivity index (χ3v) is 5.64. The van der Waals surface area contributed by atoms with E-state index in [4.69, 9.17) is 4.74 Å². The van der Waals surface area contributed by atoms with Gasteiger partial charge in [-0.3, -0.25) is 14.5 Å². The fourth-order valence-corrected chi connectivity index (χ4v) is 4.04. The van der Waals surface area contributed by atoms with Gasteiger partial charge in [0.2, 0.25) is 0 Å². The van der Waals surface area contributed by atoms with Crippen molar-refractivity contribution in [1.82, 2.24) is 14.8 Å². The maximum absolute atomic E-state index is 13.1. The molecule has 7 heteroatoms. The molecule has 0 aliphatic carbocycles. The van der Waals surface area contributed by atoms with E-state index in [0.717, 1.165) is 36.6 Å². The second-order valence-electron chi connectivity index (χ2n) is 7.61. The minimum Gasteiger partial charge on any atom is -0.494 e. The first kappa shape index (κ1) is 20.9. The first-order valence-electron chi connectivity index (χ1n) is 10.9. The molecule has 0 N–H and O–H groups in total. The van der Waals surface area contributed by atoms with E-state index in [2.05, 4.69) is 16.8 Å². The van der Waals surface area contributed by atoms with Gasteiger partial charge in [0.05, 0.1) is 12.2 Å². The Kier molecular flexibility index (Phi) is 6.21. The van der Waals surface area contributed by atoms with Crippen molar-refractivity contribution >= 4 is 23.2 Å². The summed E-state index contributed by atoms with van der Waals surface area (Å²) in [4.78, 5) is 36.3. The maximum atomic E-state index is 13.1. The quantitative estimate of drug-likeness (QED) is 0.642. The number of imide groups is 1. The lowest BCUT2D eigenvalue weighted by Gasteiger charge is -2.37. The van der Waals surface area contributed by atoms with Crippen LogP contribution in [0.4, 0.5) is 5.82 Å². The summed E-state index contributed by atoms with van der Waals surface area (Å²) in [6.45, 7) is 7.69. The lowest BCUT2D eigenvalue weighted by Crippen LogP contribution is -2.47. The Morgan fingerprint density at radius 2 is 1.61 bits per heavy atom. The standard InChI is InChI=1S/C24H28N4O3/c1-3-17-31-19-10-8-18(9-11-19)21-22(24(30)28(4-2)23(21)29)27-15-13-26(14-16-27)20-7-5-6-12-25-20/h5-12H,3-4,13-17H2,1-2H3. The van der Waals surface area contributed by atoms with Crippen molar-refractivity contribution in [1.29, 1.82) is 0 Å². The highest BCUT2D eigenvalue weighted by molar-refractivity contribution is 6.35. The van der Waals surface area contributed by atoms with Crippen molar-refractivity contribution in [3.63, 3.8) is 0 Å². The van der Waals surface area contributed by atoms with Gasteiger partial charge in [0, 0.05) is 38.9 Å². The van der Waals surface area contributed by atoms with Crippen molar-refractivity contribution in [3.05, 3.63) is 59.9 Å². The van der Waals surface area contributed by atoms with Crippen molar-refractivity contribution in [2.45, 2.75) is 20.3 Å². The number of piperazine rings is 1. The Labute approximate surface area is 182 Å². The van der Waals surface area contributed by atoms with Crippen LogP contribution in [0.1, 0.15) is 25.8 Å². The Hall–Kier alpha value is -3.35. The van der Waals surface area contributed by atoms with Crippen LogP contribution in [0.25, 0.3) is 5.57 Å². The number of amides is 2. The summed E-state index contributed by atoms with van der Waals surface area (Å²) in [7, 11) is 0. The Balaban J connectivity index is 1.60. The van der Waals surface area contributed by atoms with Crippen LogP contribution >= 0.6 is 0 Å². The van der Waals surface area contributed by atoms with Gasteiger partial charge in [-0.05, 0) is 43.2 Å². The summed E-state index contributed by atoms with van der Waals surface area (Å²) in [5, 5.41) is 0. The molecule has 3 heterocycles. The molecule has 1 saturated heterocycles. The van der Waals surface area contributed by atoms with E-state index >= 15 is 0 Å². The Morgan fingerprint density at radius 1 is 0.903 bits per heavy atom. The number of nitrogens with zero attached hydrogens (tertiary/aromatic N) is 4. The zero-order valence-electron chi connectivity index (χ0n) is 18.1. The average Bonchev–Trinajstić information content (AvgIpc) is 3.08. The molecular weight excluding hydrogens is 392 g/mol. The summed E-state index contributed by atoms with van der Waals surface area (Å²) in [6, 6.07) is 13.3. The molecule has 0 bridgehead atoms. The molecule has 162 valence electrons. The smallest absolute Gasteiger partial charge is 0.277 e. The van der Waals surface area contributed by atoms with Crippen LogP contribution in [0.3, 0.4) is 0 Å². The molecule has 31 heavy (non-hydrogen) atoms. The average molecular weight is 421 g/mol. The number of benzene rings is 1. The van der Waals surface area contributed by atoms with E-state index in [-0.39, 0.29) is 11.8 Å². The molecule has 2 aromatic rings. The molecule has 0 unspecified atom stereocenters. The molecular formula is C24H28N4O3. The molecule has 2 amide bonds. The number of hydrogen-bond acceptors (Lipinski definition) is 6. The second-order valence-corrected chi connectivity index (χ2v) is 7.61. The van der Waals surface area contributed by atoms with Crippen molar-refractivity contribution in [2.75, 3.05) is 44.2 Å². The molecule has 1 aromatic carbocycles. The zero-order valence-corrected chi connectivity index (χ0v) is 18.1. The summed E-state index contributed by atoms with van der Waals surface area (Å²) in [5.41, 5.74) is 1.75. The molecule has 0 saturated carbocycles. The summed E-state index contributed by atoms with van der Waals surface area (Å²) < 4.78 is 5.66. The van der Waals surface area contributed by atoms with Gasteiger partial charge in [-0.15, -0.1) is 0 Å². The third kappa shape index (κ3) is 4.13. The lowest BCUT2D eigenvalue weighted by molar-refractivity contribution is -0.137. The van der Waals surface area contributed by atoms with Crippen LogP contribution in [0.15, 0.2) is 54.4 Å². The number of anilines is 1. The largest absolute Gasteiger partial charge is 0.494 e. The summed E-state index contributed by atoms with van der Waals surface area (Å²) >= 11 is 0. The molecule has 4 rings (SSSR count). The predicted octanol–water partition coefficient (Wildman–Crippen LogP) is 2.79. The number of hydrogen-bond donors (Lipinski definition) is 0. The van der Waals surface area contributed by atoms with Gasteiger partial charge < -0.3 is 14.5 Å². The predicted molar refractivity (Wildman–Crippen MR) is 120 cm³/mol.